The first-order chi connectivity index (χ1) is 15.1. The van der Waals surface area contributed by atoms with Crippen molar-refractivity contribution in [2.45, 2.75) is 58.9 Å². The third-order valence-electron chi connectivity index (χ3n) is 6.64. The summed E-state index contributed by atoms with van der Waals surface area (Å²) in [5, 5.41) is 2.81. The lowest BCUT2D eigenvalue weighted by Gasteiger charge is -2.40. The smallest absolute Gasteiger partial charge is 0.326 e. The van der Waals surface area contributed by atoms with Crippen LogP contribution in [0.2, 0.25) is 0 Å². The van der Waals surface area contributed by atoms with Crippen molar-refractivity contribution in [1.29, 1.82) is 0 Å². The Morgan fingerprint density at radius 2 is 1.78 bits per heavy atom. The van der Waals surface area contributed by atoms with Gasteiger partial charge in [-0.3, -0.25) is 19.3 Å². The van der Waals surface area contributed by atoms with Crippen molar-refractivity contribution in [1.82, 2.24) is 10.2 Å². The summed E-state index contributed by atoms with van der Waals surface area (Å²) in [4.78, 5) is 52.7. The minimum Gasteiger partial charge on any atom is -0.454 e. The van der Waals surface area contributed by atoms with Gasteiger partial charge in [-0.1, -0.05) is 39.0 Å². The second-order valence-corrected chi connectivity index (χ2v) is 9.68. The first kappa shape index (κ1) is 23.8. The number of likely N-dealkylation sites (N-methyl/N-ethyl adjacent to an activating group) is 1. The fourth-order valence-corrected chi connectivity index (χ4v) is 4.64. The fourth-order valence-electron chi connectivity index (χ4n) is 4.64. The number of hydrogen-bond acceptors (Lipinski definition) is 5. The molecule has 8 nitrogen and oxygen atoms in total. The minimum atomic E-state index is -0.929. The van der Waals surface area contributed by atoms with Crippen LogP contribution in [-0.2, 0) is 19.1 Å². The van der Waals surface area contributed by atoms with Gasteiger partial charge in [0.05, 0.1) is 0 Å². The molecule has 1 heterocycles. The summed E-state index contributed by atoms with van der Waals surface area (Å²) in [5.41, 5.74) is -0.0746. The molecular formula is C24H33N3O5. The Morgan fingerprint density at radius 1 is 1.16 bits per heavy atom. The highest BCUT2D eigenvalue weighted by atomic mass is 16.5. The molecule has 1 aliphatic carbocycles. The number of nitrogens with one attached hydrogen (secondary N) is 1. The molecule has 1 saturated heterocycles. The molecule has 0 atom stereocenters. The molecule has 1 aliphatic heterocycles. The van der Waals surface area contributed by atoms with Gasteiger partial charge in [0.15, 0.2) is 6.61 Å². The number of carbonyl (C=O) groups is 4. The third kappa shape index (κ3) is 4.95. The second-order valence-electron chi connectivity index (χ2n) is 9.68. The van der Waals surface area contributed by atoms with Crippen LogP contribution in [0.5, 0.6) is 0 Å². The van der Waals surface area contributed by atoms with Gasteiger partial charge in [-0.15, -0.1) is 0 Å². The molecule has 3 rings (SSSR count). The minimum absolute atomic E-state index is 0.148. The van der Waals surface area contributed by atoms with E-state index in [1.165, 1.54) is 4.90 Å². The van der Waals surface area contributed by atoms with Gasteiger partial charge in [0.25, 0.3) is 11.8 Å². The van der Waals surface area contributed by atoms with E-state index in [-0.39, 0.29) is 17.2 Å². The Hall–Kier alpha value is -2.90. The molecule has 2 fully saturated rings. The Balaban J connectivity index is 1.55. The van der Waals surface area contributed by atoms with E-state index in [4.69, 9.17) is 4.74 Å². The summed E-state index contributed by atoms with van der Waals surface area (Å²) in [6.45, 7) is 7.85. The number of nitrogens with zero attached hydrogens (tertiary/aromatic N) is 2. The molecule has 2 aliphatic rings. The lowest BCUT2D eigenvalue weighted by molar-refractivity contribution is -0.150. The lowest BCUT2D eigenvalue weighted by atomic mass is 9.67. The van der Waals surface area contributed by atoms with Crippen molar-refractivity contribution in [2.24, 2.45) is 11.3 Å². The number of rotatable bonds is 6. The van der Waals surface area contributed by atoms with Crippen molar-refractivity contribution < 1.29 is 23.9 Å². The van der Waals surface area contributed by atoms with Gasteiger partial charge in [-0.2, -0.15) is 0 Å². The molecule has 1 spiro atoms. The monoisotopic (exact) mass is 443 g/mol. The maximum absolute atomic E-state index is 13.0. The molecule has 0 aromatic heterocycles. The van der Waals surface area contributed by atoms with Crippen LogP contribution >= 0.6 is 0 Å². The highest BCUT2D eigenvalue weighted by Gasteiger charge is 2.53. The van der Waals surface area contributed by atoms with E-state index in [2.05, 4.69) is 26.1 Å². The van der Waals surface area contributed by atoms with Gasteiger partial charge < -0.3 is 15.0 Å². The number of urea groups is 1. The Bertz CT molecular complexity index is 869. The molecule has 4 amide bonds. The van der Waals surface area contributed by atoms with E-state index >= 15 is 0 Å². The normalized spacial score (nSPS) is 23.2. The molecule has 0 bridgehead atoms. The maximum Gasteiger partial charge on any atom is 0.326 e. The zero-order valence-electron chi connectivity index (χ0n) is 19.3. The van der Waals surface area contributed by atoms with Crippen molar-refractivity contribution in [3.63, 3.8) is 0 Å². The van der Waals surface area contributed by atoms with Crippen LogP contribution in [0, 0.1) is 11.3 Å². The summed E-state index contributed by atoms with van der Waals surface area (Å²) in [7, 11) is 0. The van der Waals surface area contributed by atoms with Gasteiger partial charge in [0.2, 0.25) is 0 Å². The fraction of sp³-hybridized carbons (Fsp3) is 0.583. The number of imide groups is 1. The highest BCUT2D eigenvalue weighted by molar-refractivity contribution is 6.08. The van der Waals surface area contributed by atoms with Crippen molar-refractivity contribution in [2.75, 3.05) is 24.6 Å². The van der Waals surface area contributed by atoms with Crippen molar-refractivity contribution in [3.8, 4) is 0 Å². The first-order valence-electron chi connectivity index (χ1n) is 11.2. The van der Waals surface area contributed by atoms with Gasteiger partial charge in [0.1, 0.15) is 12.1 Å². The Morgan fingerprint density at radius 3 is 2.34 bits per heavy atom. The first-order valence-corrected chi connectivity index (χ1v) is 11.2. The van der Waals surface area contributed by atoms with E-state index in [9.17, 15) is 19.2 Å². The van der Waals surface area contributed by atoms with Crippen molar-refractivity contribution in [3.05, 3.63) is 30.3 Å². The third-order valence-corrected chi connectivity index (χ3v) is 6.64. The number of benzene rings is 1. The molecule has 1 aromatic rings. The number of amides is 4. The predicted octanol–water partition coefficient (Wildman–Crippen LogP) is 3.11. The maximum atomic E-state index is 13.0. The van der Waals surface area contributed by atoms with Gasteiger partial charge in [-0.05, 0) is 56.1 Å². The zero-order valence-corrected chi connectivity index (χ0v) is 19.3. The van der Waals surface area contributed by atoms with Crippen LogP contribution in [0.3, 0.4) is 0 Å². The second kappa shape index (κ2) is 9.30. The number of esters is 1. The summed E-state index contributed by atoms with van der Waals surface area (Å²) in [5.74, 6) is -1.06. The van der Waals surface area contributed by atoms with E-state index in [0.29, 0.717) is 31.0 Å². The average molecular weight is 444 g/mol. The Kier molecular flexibility index (Phi) is 6.91. The van der Waals surface area contributed by atoms with Crippen LogP contribution in [0.4, 0.5) is 10.5 Å². The summed E-state index contributed by atoms with van der Waals surface area (Å²) < 4.78 is 5.10. The molecule has 1 aromatic carbocycles. The number of carbonyl (C=O) groups excluding carboxylic acids is 4. The molecule has 0 unspecified atom stereocenters. The zero-order chi connectivity index (χ0) is 23.5. The van der Waals surface area contributed by atoms with Crippen molar-refractivity contribution >= 4 is 29.5 Å². The van der Waals surface area contributed by atoms with E-state index in [1.807, 2.05) is 25.1 Å². The van der Waals surface area contributed by atoms with E-state index in [0.717, 1.165) is 17.7 Å². The van der Waals surface area contributed by atoms with Gasteiger partial charge in [0, 0.05) is 12.2 Å². The SMILES string of the molecule is CCN(C(=O)COC(=O)CN1C(=O)NC2(CCC(C(C)(C)C)CC2)C1=O)c1ccccc1. The highest BCUT2D eigenvalue weighted by Crippen LogP contribution is 2.43. The summed E-state index contributed by atoms with van der Waals surface area (Å²) >= 11 is 0. The van der Waals surface area contributed by atoms with Crippen LogP contribution in [0.25, 0.3) is 0 Å². The topological polar surface area (TPSA) is 96.0 Å². The number of hydrogen-bond donors (Lipinski definition) is 1. The average Bonchev–Trinajstić information content (AvgIpc) is 2.97. The lowest BCUT2D eigenvalue weighted by Crippen LogP contribution is -2.50. The van der Waals surface area contributed by atoms with E-state index < -0.39 is 30.7 Å². The summed E-state index contributed by atoms with van der Waals surface area (Å²) in [6, 6.07) is 8.50. The quantitative estimate of drug-likeness (QED) is 0.538. The van der Waals surface area contributed by atoms with Crippen LogP contribution in [0.15, 0.2) is 30.3 Å². The van der Waals surface area contributed by atoms with Crippen LogP contribution < -0.4 is 10.2 Å². The molecule has 1 N–H and O–H groups in total. The molecular weight excluding hydrogens is 410 g/mol. The standard InChI is InChI=1S/C24H33N3O5/c1-5-26(18-9-7-6-8-10-18)19(28)16-32-20(29)15-27-21(30)24(25-22(27)31)13-11-17(12-14-24)23(2,3)4/h6-10,17H,5,11-16H2,1-4H3,(H,25,31). The molecule has 0 radical (unpaired) electrons. The molecule has 174 valence electrons. The number of ether oxygens (including phenoxy) is 1. The van der Waals surface area contributed by atoms with Gasteiger partial charge >= 0.3 is 12.0 Å². The van der Waals surface area contributed by atoms with E-state index in [1.54, 1.807) is 12.1 Å². The molecule has 32 heavy (non-hydrogen) atoms. The Labute approximate surface area is 189 Å². The van der Waals surface area contributed by atoms with Crippen LogP contribution in [0.1, 0.15) is 53.4 Å². The van der Waals surface area contributed by atoms with Gasteiger partial charge in [-0.25, -0.2) is 4.79 Å². The number of para-hydroxylation sites is 1. The predicted molar refractivity (Wildman–Crippen MR) is 120 cm³/mol. The number of anilines is 1. The molecule has 8 heteroatoms. The van der Waals surface area contributed by atoms with Crippen LogP contribution in [-0.4, -0.2) is 54.0 Å². The summed E-state index contributed by atoms with van der Waals surface area (Å²) in [6.07, 6.45) is 2.81. The molecule has 1 saturated carbocycles. The largest absolute Gasteiger partial charge is 0.454 e.